The molecule has 1 aliphatic rings. The van der Waals surface area contributed by atoms with E-state index in [2.05, 4.69) is 15.3 Å². The molecule has 0 amide bonds. The molecule has 1 fully saturated rings. The van der Waals surface area contributed by atoms with E-state index in [0.29, 0.717) is 6.04 Å². The monoisotopic (exact) mass is 446 g/mol. The van der Waals surface area contributed by atoms with E-state index in [1.54, 1.807) is 12.4 Å². The first-order chi connectivity index (χ1) is 15.9. The zero-order valence-corrected chi connectivity index (χ0v) is 20.0. The number of ether oxygens (including phenoxy) is 1. The van der Waals surface area contributed by atoms with Crippen LogP contribution < -0.4 is 15.8 Å². The zero-order valence-electron chi connectivity index (χ0n) is 20.0. The second kappa shape index (κ2) is 10.1. The van der Waals surface area contributed by atoms with Gasteiger partial charge in [0.25, 0.3) is 0 Å². The second-order valence-electron chi connectivity index (χ2n) is 9.12. The molecule has 7 heteroatoms. The van der Waals surface area contributed by atoms with Gasteiger partial charge in [-0.25, -0.2) is 9.97 Å². The minimum atomic E-state index is 0.0155. The summed E-state index contributed by atoms with van der Waals surface area (Å²) in [5.74, 6) is 1.63. The van der Waals surface area contributed by atoms with Crippen LogP contribution in [0.25, 0.3) is 22.6 Å². The van der Waals surface area contributed by atoms with Gasteiger partial charge in [0.15, 0.2) is 0 Å². The van der Waals surface area contributed by atoms with Crippen molar-refractivity contribution in [1.29, 1.82) is 0 Å². The van der Waals surface area contributed by atoms with Gasteiger partial charge in [0.1, 0.15) is 17.2 Å². The molecule has 174 valence electrons. The third-order valence-corrected chi connectivity index (χ3v) is 5.69. The summed E-state index contributed by atoms with van der Waals surface area (Å²) in [6, 6.07) is 8.71. The van der Waals surface area contributed by atoms with Gasteiger partial charge in [-0.05, 0) is 52.7 Å². The third kappa shape index (κ3) is 5.35. The van der Waals surface area contributed by atoms with Crippen LogP contribution in [0.5, 0.6) is 5.75 Å². The van der Waals surface area contributed by atoms with E-state index in [4.69, 9.17) is 15.5 Å². The van der Waals surface area contributed by atoms with Gasteiger partial charge in [0, 0.05) is 47.9 Å². The first kappa shape index (κ1) is 22.8. The van der Waals surface area contributed by atoms with Crippen molar-refractivity contribution in [3.05, 3.63) is 48.4 Å². The topological polar surface area (TPSA) is 89.8 Å². The fourth-order valence-electron chi connectivity index (χ4n) is 4.13. The minimum absolute atomic E-state index is 0.0155. The predicted molar refractivity (Wildman–Crippen MR) is 136 cm³/mol. The molecule has 7 nitrogen and oxygen atoms in total. The Kier molecular flexibility index (Phi) is 6.96. The fraction of sp³-hybridized carbons (Fsp3) is 0.423. The Labute approximate surface area is 195 Å². The molecule has 3 heterocycles. The maximum absolute atomic E-state index is 6.11. The van der Waals surface area contributed by atoms with E-state index in [1.165, 1.54) is 25.7 Å². The number of pyridine rings is 2. The lowest BCUT2D eigenvalue weighted by Crippen LogP contribution is -2.15. The number of fused-ring (bicyclic) bond motifs is 1. The highest BCUT2D eigenvalue weighted by atomic mass is 16.5. The molecular weight excluding hydrogens is 412 g/mol. The van der Waals surface area contributed by atoms with Crippen LogP contribution in [0.4, 0.5) is 5.82 Å². The largest absolute Gasteiger partial charge is 0.490 e. The molecule has 3 N–H and O–H groups in total. The lowest BCUT2D eigenvalue weighted by atomic mass is 10.1. The van der Waals surface area contributed by atoms with Gasteiger partial charge in [0.05, 0.1) is 23.7 Å². The quantitative estimate of drug-likeness (QED) is 0.457. The molecule has 0 aliphatic heterocycles. The maximum atomic E-state index is 6.11. The van der Waals surface area contributed by atoms with Gasteiger partial charge in [-0.3, -0.25) is 9.39 Å². The molecule has 0 radical (unpaired) electrons. The van der Waals surface area contributed by atoms with Crippen molar-refractivity contribution in [2.75, 3.05) is 5.32 Å². The van der Waals surface area contributed by atoms with E-state index in [0.717, 1.165) is 39.7 Å². The molecule has 0 unspecified atom stereocenters. The number of nitrogens with one attached hydrogen (secondary N) is 1. The molecule has 1 aliphatic carbocycles. The van der Waals surface area contributed by atoms with Crippen LogP contribution in [0.2, 0.25) is 0 Å². The summed E-state index contributed by atoms with van der Waals surface area (Å²) in [4.78, 5) is 14.0. The number of nitrogens with two attached hydrogens (primary N) is 1. The Hall–Kier alpha value is -3.35. The van der Waals surface area contributed by atoms with Gasteiger partial charge in [0.2, 0.25) is 0 Å². The number of aliphatic imine (C=N–C) groups is 1. The first-order valence-electron chi connectivity index (χ1n) is 11.8. The minimum Gasteiger partial charge on any atom is -0.490 e. The number of allylic oxidation sites excluding steroid dienone is 1. The van der Waals surface area contributed by atoms with Crippen LogP contribution in [-0.4, -0.2) is 38.8 Å². The van der Waals surface area contributed by atoms with E-state index in [1.807, 2.05) is 68.8 Å². The van der Waals surface area contributed by atoms with Crippen LogP contribution in [0.3, 0.4) is 0 Å². The van der Waals surface area contributed by atoms with Crippen molar-refractivity contribution in [3.63, 3.8) is 0 Å². The average Bonchev–Trinajstić information content (AvgIpc) is 3.43. The van der Waals surface area contributed by atoms with Gasteiger partial charge < -0.3 is 15.8 Å². The number of aromatic nitrogens is 3. The third-order valence-electron chi connectivity index (χ3n) is 5.69. The van der Waals surface area contributed by atoms with Crippen LogP contribution in [0.1, 0.15) is 58.9 Å². The Morgan fingerprint density at radius 3 is 2.73 bits per heavy atom. The molecule has 3 aromatic heterocycles. The second-order valence-corrected chi connectivity index (χ2v) is 9.12. The molecule has 3 aromatic rings. The summed E-state index contributed by atoms with van der Waals surface area (Å²) in [6.07, 6.45) is 12.2. The van der Waals surface area contributed by atoms with Crippen molar-refractivity contribution < 1.29 is 4.74 Å². The Morgan fingerprint density at radius 2 is 2.03 bits per heavy atom. The number of imidazole rings is 1. The molecule has 33 heavy (non-hydrogen) atoms. The summed E-state index contributed by atoms with van der Waals surface area (Å²) in [5, 5.41) is 3.58. The molecule has 0 saturated heterocycles. The number of rotatable bonds is 8. The van der Waals surface area contributed by atoms with Gasteiger partial charge in [-0.1, -0.05) is 18.9 Å². The number of hydrogen-bond donors (Lipinski definition) is 2. The Bertz CT molecular complexity index is 1150. The fourth-order valence-corrected chi connectivity index (χ4v) is 4.13. The summed E-state index contributed by atoms with van der Waals surface area (Å²) in [6.45, 7) is 8.08. The highest BCUT2D eigenvalue weighted by molar-refractivity contribution is 6.10. The highest BCUT2D eigenvalue weighted by Crippen LogP contribution is 2.31. The van der Waals surface area contributed by atoms with E-state index in [9.17, 15) is 0 Å². The maximum Gasteiger partial charge on any atom is 0.140 e. The van der Waals surface area contributed by atoms with Crippen LogP contribution in [-0.2, 0) is 0 Å². The van der Waals surface area contributed by atoms with Crippen molar-refractivity contribution in [3.8, 4) is 17.1 Å². The molecule has 0 atom stereocenters. The van der Waals surface area contributed by atoms with Crippen molar-refractivity contribution in [1.82, 2.24) is 14.4 Å². The average molecular weight is 447 g/mol. The van der Waals surface area contributed by atoms with Gasteiger partial charge >= 0.3 is 0 Å². The van der Waals surface area contributed by atoms with Crippen molar-refractivity contribution in [2.45, 2.75) is 71.6 Å². The summed E-state index contributed by atoms with van der Waals surface area (Å²) < 4.78 is 8.15. The standard InChI is InChI=1S/C26H34N6O/c1-17(2)28-14-19(13-27)21-16-32-23(15-29-26(32)12-24(21)33-18(3)4)22-10-7-11-25(31-22)30-20-8-5-6-9-20/h7,10-18,20H,5-6,8-9,27H2,1-4H3,(H,30,31). The summed E-state index contributed by atoms with van der Waals surface area (Å²) >= 11 is 0. The highest BCUT2D eigenvalue weighted by Gasteiger charge is 2.18. The normalized spacial score (nSPS) is 15.4. The van der Waals surface area contributed by atoms with Gasteiger partial charge in [-0.2, -0.15) is 0 Å². The summed E-state index contributed by atoms with van der Waals surface area (Å²) in [7, 11) is 0. The smallest absolute Gasteiger partial charge is 0.140 e. The van der Waals surface area contributed by atoms with Crippen molar-refractivity contribution in [2.24, 2.45) is 10.7 Å². The first-order valence-corrected chi connectivity index (χ1v) is 11.8. The molecular formula is C26H34N6O. The summed E-state index contributed by atoms with van der Waals surface area (Å²) in [5.41, 5.74) is 10.2. The molecule has 1 saturated carbocycles. The van der Waals surface area contributed by atoms with E-state index in [-0.39, 0.29) is 12.1 Å². The van der Waals surface area contributed by atoms with E-state index >= 15 is 0 Å². The Balaban J connectivity index is 1.76. The lowest BCUT2D eigenvalue weighted by Gasteiger charge is -2.16. The van der Waals surface area contributed by atoms with Crippen LogP contribution in [0, 0.1) is 0 Å². The lowest BCUT2D eigenvalue weighted by molar-refractivity contribution is 0.242. The number of nitrogens with zero attached hydrogens (tertiary/aromatic N) is 4. The molecule has 0 bridgehead atoms. The van der Waals surface area contributed by atoms with E-state index < -0.39 is 0 Å². The molecule has 0 aromatic carbocycles. The van der Waals surface area contributed by atoms with Crippen LogP contribution >= 0.6 is 0 Å². The SMILES string of the molecule is CC(C)N=CC(=CN)c1cn2c(-c3cccc(NC4CCCC4)n3)cnc2cc1OC(C)C. The zero-order chi connectivity index (χ0) is 23.4. The Morgan fingerprint density at radius 1 is 1.24 bits per heavy atom. The molecule has 0 spiro atoms. The number of anilines is 1. The van der Waals surface area contributed by atoms with Gasteiger partial charge in [-0.15, -0.1) is 0 Å². The number of hydrogen-bond acceptors (Lipinski definition) is 6. The van der Waals surface area contributed by atoms with Crippen LogP contribution in [0.15, 0.2) is 47.9 Å². The molecule has 4 rings (SSSR count). The predicted octanol–water partition coefficient (Wildman–Crippen LogP) is 5.32. The van der Waals surface area contributed by atoms with Crippen molar-refractivity contribution >= 4 is 23.3 Å².